The van der Waals surface area contributed by atoms with Crippen molar-refractivity contribution in [1.82, 2.24) is 4.90 Å². The van der Waals surface area contributed by atoms with E-state index in [1.807, 2.05) is 6.92 Å². The third kappa shape index (κ3) is 0.704. The van der Waals surface area contributed by atoms with E-state index >= 15 is 0 Å². The highest BCUT2D eigenvalue weighted by Gasteiger charge is 2.66. The van der Waals surface area contributed by atoms with E-state index < -0.39 is 0 Å². The fraction of sp³-hybridized carbons (Fsp3) is 0.800. The molecule has 2 bridgehead atoms. The Hall–Kier alpha value is -0.900. The predicted molar refractivity (Wildman–Crippen MR) is 47.3 cm³/mol. The molecule has 4 nitrogen and oxygen atoms in total. The SMILES string of the molecule is CN1C(=O)[C@@H]2[C@@H](C1=O)[C@@]1(C)CC[C@H]2O1. The van der Waals surface area contributed by atoms with Crippen LogP contribution in [-0.2, 0) is 14.3 Å². The second-order valence-corrected chi connectivity index (χ2v) is 4.75. The standard InChI is InChI=1S/C10H13NO3/c1-10-4-3-5(14-10)6-7(10)9(13)11(2)8(6)12/h5-7H,3-4H2,1-2H3/t5-,6+,7+,10-/m1/s1. The Kier molecular flexibility index (Phi) is 1.31. The Morgan fingerprint density at radius 3 is 2.79 bits per heavy atom. The van der Waals surface area contributed by atoms with E-state index in [2.05, 4.69) is 0 Å². The molecule has 3 aliphatic heterocycles. The van der Waals surface area contributed by atoms with Crippen LogP contribution in [0.1, 0.15) is 19.8 Å². The minimum absolute atomic E-state index is 0.00796. The van der Waals surface area contributed by atoms with Gasteiger partial charge >= 0.3 is 0 Å². The number of likely N-dealkylation sites (tertiary alicyclic amines) is 1. The highest BCUT2D eigenvalue weighted by atomic mass is 16.5. The molecule has 0 N–H and O–H groups in total. The van der Waals surface area contributed by atoms with Gasteiger partial charge in [0.2, 0.25) is 11.8 Å². The summed E-state index contributed by atoms with van der Waals surface area (Å²) in [6.45, 7) is 1.96. The first-order valence-corrected chi connectivity index (χ1v) is 5.04. The van der Waals surface area contributed by atoms with Crippen molar-refractivity contribution in [2.75, 3.05) is 7.05 Å². The molecule has 0 unspecified atom stereocenters. The molecule has 3 fully saturated rings. The lowest BCUT2D eigenvalue weighted by molar-refractivity contribution is -0.142. The van der Waals surface area contributed by atoms with Gasteiger partial charge in [-0.3, -0.25) is 14.5 Å². The number of nitrogens with zero attached hydrogens (tertiary/aromatic N) is 1. The number of rotatable bonds is 0. The van der Waals surface area contributed by atoms with Crippen LogP contribution >= 0.6 is 0 Å². The van der Waals surface area contributed by atoms with E-state index in [0.29, 0.717) is 0 Å². The monoisotopic (exact) mass is 195 g/mol. The molecule has 0 aliphatic carbocycles. The molecule has 3 rings (SSSR count). The van der Waals surface area contributed by atoms with Crippen LogP contribution in [-0.4, -0.2) is 35.5 Å². The molecular formula is C10H13NO3. The zero-order valence-corrected chi connectivity index (χ0v) is 8.32. The van der Waals surface area contributed by atoms with Crippen LogP contribution < -0.4 is 0 Å². The van der Waals surface area contributed by atoms with Gasteiger partial charge in [-0.15, -0.1) is 0 Å². The van der Waals surface area contributed by atoms with Crippen molar-refractivity contribution >= 4 is 11.8 Å². The number of carbonyl (C=O) groups excluding carboxylic acids is 2. The Morgan fingerprint density at radius 2 is 2.14 bits per heavy atom. The number of carbonyl (C=O) groups is 2. The molecule has 4 atom stereocenters. The van der Waals surface area contributed by atoms with Gasteiger partial charge in [-0.2, -0.15) is 0 Å². The maximum atomic E-state index is 11.8. The van der Waals surface area contributed by atoms with Crippen molar-refractivity contribution in [2.45, 2.75) is 31.5 Å². The Labute approximate surface area is 82.2 Å². The number of hydrogen-bond acceptors (Lipinski definition) is 3. The van der Waals surface area contributed by atoms with E-state index in [9.17, 15) is 9.59 Å². The molecule has 0 aromatic rings. The van der Waals surface area contributed by atoms with Crippen LogP contribution in [0.2, 0.25) is 0 Å². The van der Waals surface area contributed by atoms with E-state index in [0.717, 1.165) is 12.8 Å². The maximum absolute atomic E-state index is 11.8. The topological polar surface area (TPSA) is 46.6 Å². The normalized spacial score (nSPS) is 50.4. The van der Waals surface area contributed by atoms with Gasteiger partial charge in [0.05, 0.1) is 23.5 Å². The molecule has 3 saturated heterocycles. The van der Waals surface area contributed by atoms with Crippen LogP contribution in [0, 0.1) is 11.8 Å². The molecule has 0 spiro atoms. The number of ether oxygens (including phenoxy) is 1. The summed E-state index contributed by atoms with van der Waals surface area (Å²) in [5.41, 5.74) is -0.368. The smallest absolute Gasteiger partial charge is 0.235 e. The van der Waals surface area contributed by atoms with E-state index in [1.165, 1.54) is 4.90 Å². The van der Waals surface area contributed by atoms with Gasteiger partial charge in [0.15, 0.2) is 0 Å². The van der Waals surface area contributed by atoms with Crippen LogP contribution in [0.25, 0.3) is 0 Å². The average Bonchev–Trinajstić information content (AvgIpc) is 2.72. The van der Waals surface area contributed by atoms with Gasteiger partial charge in [0, 0.05) is 7.05 Å². The fourth-order valence-corrected chi connectivity index (χ4v) is 3.23. The highest BCUT2D eigenvalue weighted by molar-refractivity contribution is 6.06. The van der Waals surface area contributed by atoms with Crippen molar-refractivity contribution in [1.29, 1.82) is 0 Å². The first-order valence-electron chi connectivity index (χ1n) is 5.04. The average molecular weight is 195 g/mol. The van der Waals surface area contributed by atoms with E-state index in [1.54, 1.807) is 7.05 Å². The van der Waals surface area contributed by atoms with Crippen LogP contribution in [0.15, 0.2) is 0 Å². The summed E-state index contributed by atoms with van der Waals surface area (Å²) in [7, 11) is 1.58. The van der Waals surface area contributed by atoms with Crippen LogP contribution in [0.4, 0.5) is 0 Å². The summed E-state index contributed by atoms with van der Waals surface area (Å²) in [6.07, 6.45) is 1.82. The van der Waals surface area contributed by atoms with Crippen molar-refractivity contribution < 1.29 is 14.3 Å². The van der Waals surface area contributed by atoms with E-state index in [-0.39, 0.29) is 35.4 Å². The summed E-state index contributed by atoms with van der Waals surface area (Å²) in [5, 5.41) is 0. The van der Waals surface area contributed by atoms with Gasteiger partial charge in [-0.05, 0) is 19.8 Å². The molecule has 2 amide bonds. The number of imide groups is 1. The second-order valence-electron chi connectivity index (χ2n) is 4.75. The summed E-state index contributed by atoms with van der Waals surface area (Å²) >= 11 is 0. The van der Waals surface area contributed by atoms with Crippen molar-refractivity contribution in [3.8, 4) is 0 Å². The summed E-state index contributed by atoms with van der Waals surface area (Å²) in [6, 6.07) is 0. The van der Waals surface area contributed by atoms with Gasteiger partial charge in [0.1, 0.15) is 0 Å². The highest BCUT2D eigenvalue weighted by Crippen LogP contribution is 2.54. The Balaban J connectivity index is 2.08. The van der Waals surface area contributed by atoms with Crippen molar-refractivity contribution in [2.24, 2.45) is 11.8 Å². The zero-order valence-electron chi connectivity index (χ0n) is 8.32. The first-order chi connectivity index (χ1) is 6.54. The molecule has 0 aromatic heterocycles. The van der Waals surface area contributed by atoms with Gasteiger partial charge in [-0.1, -0.05) is 0 Å². The predicted octanol–water partition coefficient (Wildman–Crippen LogP) is 0.169. The Morgan fingerprint density at radius 1 is 1.43 bits per heavy atom. The second kappa shape index (κ2) is 2.19. The van der Waals surface area contributed by atoms with Crippen molar-refractivity contribution in [3.63, 3.8) is 0 Å². The van der Waals surface area contributed by atoms with Crippen molar-refractivity contribution in [3.05, 3.63) is 0 Å². The molecule has 4 heteroatoms. The summed E-state index contributed by atoms with van der Waals surface area (Å²) in [5.74, 6) is -0.497. The third-order valence-electron chi connectivity index (χ3n) is 3.98. The number of amides is 2. The zero-order chi connectivity index (χ0) is 10.1. The van der Waals surface area contributed by atoms with Crippen LogP contribution in [0.3, 0.4) is 0 Å². The quantitative estimate of drug-likeness (QED) is 0.517. The van der Waals surface area contributed by atoms with E-state index in [4.69, 9.17) is 4.74 Å². The molecule has 76 valence electrons. The first kappa shape index (κ1) is 8.41. The number of hydrogen-bond donors (Lipinski definition) is 0. The molecule has 3 aliphatic rings. The van der Waals surface area contributed by atoms with Gasteiger partial charge in [0.25, 0.3) is 0 Å². The fourth-order valence-electron chi connectivity index (χ4n) is 3.23. The molecule has 0 radical (unpaired) electrons. The summed E-state index contributed by atoms with van der Waals surface area (Å²) in [4.78, 5) is 24.8. The molecule has 0 aromatic carbocycles. The molecule has 3 heterocycles. The lowest BCUT2D eigenvalue weighted by atomic mass is 9.74. The third-order valence-corrected chi connectivity index (χ3v) is 3.98. The minimum Gasteiger partial charge on any atom is -0.370 e. The molecule has 0 saturated carbocycles. The minimum atomic E-state index is -0.368. The lowest BCUT2D eigenvalue weighted by Gasteiger charge is -2.25. The molecular weight excluding hydrogens is 182 g/mol. The molecule has 14 heavy (non-hydrogen) atoms. The van der Waals surface area contributed by atoms with Crippen LogP contribution in [0.5, 0.6) is 0 Å². The maximum Gasteiger partial charge on any atom is 0.235 e. The largest absolute Gasteiger partial charge is 0.370 e. The van der Waals surface area contributed by atoms with Gasteiger partial charge in [-0.25, -0.2) is 0 Å². The Bertz CT molecular complexity index is 340. The summed E-state index contributed by atoms with van der Waals surface area (Å²) < 4.78 is 5.75. The van der Waals surface area contributed by atoms with Gasteiger partial charge < -0.3 is 4.74 Å². The lowest BCUT2D eigenvalue weighted by Crippen LogP contribution is -2.38. The number of fused-ring (bicyclic) bond motifs is 5.